The van der Waals surface area contributed by atoms with Crippen molar-refractivity contribution in [3.05, 3.63) is 89.5 Å². The number of benzene rings is 3. The van der Waals surface area contributed by atoms with E-state index in [0.717, 1.165) is 12.1 Å². The number of hydrogen-bond acceptors (Lipinski definition) is 4. The third-order valence-corrected chi connectivity index (χ3v) is 4.75. The number of anilines is 1. The van der Waals surface area contributed by atoms with Gasteiger partial charge >= 0.3 is 6.18 Å². The second kappa shape index (κ2) is 8.22. The smallest absolute Gasteiger partial charge is 0.322 e. The van der Waals surface area contributed by atoms with Gasteiger partial charge in [0.1, 0.15) is 11.5 Å². The maximum atomic E-state index is 14.3. The van der Waals surface area contributed by atoms with Crippen molar-refractivity contribution in [3.8, 4) is 16.8 Å². The average Bonchev–Trinajstić information content (AvgIpc) is 3.20. The van der Waals surface area contributed by atoms with Gasteiger partial charge < -0.3 is 5.32 Å². The molecule has 0 saturated heterocycles. The van der Waals surface area contributed by atoms with Gasteiger partial charge in [0.25, 0.3) is 5.91 Å². The standard InChI is InChI=1S/C22H15F4N5O/c1-13-28-29-30-31(13)20-12-16(10-11-19(20)23)27-21(32)18-5-3-2-4-17(18)14-6-8-15(9-7-14)22(24,25)26/h2-12H,1H3,(H,27,32). The van der Waals surface area contributed by atoms with Crippen molar-refractivity contribution in [1.82, 2.24) is 20.2 Å². The van der Waals surface area contributed by atoms with Crippen LogP contribution in [0.15, 0.2) is 66.7 Å². The summed E-state index contributed by atoms with van der Waals surface area (Å²) in [4.78, 5) is 13.0. The van der Waals surface area contributed by atoms with Gasteiger partial charge in [-0.25, -0.2) is 4.39 Å². The molecule has 0 spiro atoms. The van der Waals surface area contributed by atoms with Gasteiger partial charge in [-0.1, -0.05) is 30.3 Å². The van der Waals surface area contributed by atoms with E-state index >= 15 is 0 Å². The van der Waals surface area contributed by atoms with E-state index in [-0.39, 0.29) is 11.3 Å². The van der Waals surface area contributed by atoms with E-state index in [1.165, 1.54) is 35.0 Å². The van der Waals surface area contributed by atoms with Crippen LogP contribution < -0.4 is 5.32 Å². The molecule has 0 fully saturated rings. The molecule has 1 aromatic heterocycles. The Morgan fingerprint density at radius 3 is 2.38 bits per heavy atom. The average molecular weight is 441 g/mol. The van der Waals surface area contributed by atoms with Gasteiger partial charge in [0.05, 0.1) is 5.56 Å². The van der Waals surface area contributed by atoms with Gasteiger partial charge in [0, 0.05) is 11.3 Å². The Morgan fingerprint density at radius 2 is 1.72 bits per heavy atom. The van der Waals surface area contributed by atoms with Crippen molar-refractivity contribution < 1.29 is 22.4 Å². The minimum atomic E-state index is -4.45. The van der Waals surface area contributed by atoms with Crippen molar-refractivity contribution in [2.45, 2.75) is 13.1 Å². The van der Waals surface area contributed by atoms with Gasteiger partial charge in [-0.2, -0.15) is 17.9 Å². The first-order valence-corrected chi connectivity index (χ1v) is 9.37. The summed E-state index contributed by atoms with van der Waals surface area (Å²) < 4.78 is 54.0. The molecule has 4 aromatic rings. The Labute approximate surface area is 179 Å². The number of hydrogen-bond donors (Lipinski definition) is 1. The summed E-state index contributed by atoms with van der Waals surface area (Å²) in [7, 11) is 0. The molecule has 0 saturated carbocycles. The number of nitrogens with one attached hydrogen (secondary N) is 1. The number of aryl methyl sites for hydroxylation is 1. The Balaban J connectivity index is 1.64. The van der Waals surface area contributed by atoms with Crippen LogP contribution in [0.3, 0.4) is 0 Å². The van der Waals surface area contributed by atoms with Crippen LogP contribution in [-0.2, 0) is 6.18 Å². The molecule has 1 amide bonds. The molecule has 0 aliphatic rings. The highest BCUT2D eigenvalue weighted by Crippen LogP contribution is 2.32. The minimum absolute atomic E-state index is 0.0568. The number of carbonyl (C=O) groups excluding carboxylic acids is 1. The van der Waals surface area contributed by atoms with E-state index in [1.807, 2.05) is 0 Å². The molecule has 1 N–H and O–H groups in total. The van der Waals surface area contributed by atoms with Crippen LogP contribution in [0.4, 0.5) is 23.2 Å². The normalized spacial score (nSPS) is 11.4. The summed E-state index contributed by atoms with van der Waals surface area (Å²) in [6.07, 6.45) is -4.45. The van der Waals surface area contributed by atoms with Gasteiger partial charge in [0.2, 0.25) is 0 Å². The lowest BCUT2D eigenvalue weighted by atomic mass is 9.98. The van der Waals surface area contributed by atoms with Crippen LogP contribution in [-0.4, -0.2) is 26.1 Å². The van der Waals surface area contributed by atoms with Crippen LogP contribution in [0.1, 0.15) is 21.7 Å². The van der Waals surface area contributed by atoms with Crippen molar-refractivity contribution in [1.29, 1.82) is 0 Å². The zero-order valence-electron chi connectivity index (χ0n) is 16.6. The largest absolute Gasteiger partial charge is 0.416 e. The third kappa shape index (κ3) is 4.20. The second-order valence-corrected chi connectivity index (χ2v) is 6.88. The quantitative estimate of drug-likeness (QED) is 0.450. The van der Waals surface area contributed by atoms with Crippen LogP contribution in [0.2, 0.25) is 0 Å². The van der Waals surface area contributed by atoms with Crippen molar-refractivity contribution in [2.24, 2.45) is 0 Å². The molecule has 162 valence electrons. The highest BCUT2D eigenvalue weighted by atomic mass is 19.4. The molecule has 0 atom stereocenters. The summed E-state index contributed by atoms with van der Waals surface area (Å²) in [6.45, 7) is 1.60. The number of alkyl halides is 3. The zero-order valence-corrected chi connectivity index (χ0v) is 16.6. The van der Waals surface area contributed by atoms with Crippen molar-refractivity contribution >= 4 is 11.6 Å². The molecule has 6 nitrogen and oxygen atoms in total. The van der Waals surface area contributed by atoms with E-state index in [0.29, 0.717) is 22.6 Å². The molecule has 3 aromatic carbocycles. The van der Waals surface area contributed by atoms with E-state index in [4.69, 9.17) is 0 Å². The Morgan fingerprint density at radius 1 is 1.00 bits per heavy atom. The first kappa shape index (κ1) is 21.2. The highest BCUT2D eigenvalue weighted by molar-refractivity contribution is 6.08. The first-order valence-electron chi connectivity index (χ1n) is 9.37. The number of nitrogens with zero attached hydrogens (tertiary/aromatic N) is 4. The van der Waals surface area contributed by atoms with Crippen LogP contribution in [0, 0.1) is 12.7 Å². The molecule has 0 bridgehead atoms. The van der Waals surface area contributed by atoms with E-state index in [2.05, 4.69) is 20.8 Å². The maximum Gasteiger partial charge on any atom is 0.416 e. The lowest BCUT2D eigenvalue weighted by Gasteiger charge is -2.13. The maximum absolute atomic E-state index is 14.3. The Hall–Kier alpha value is -4.08. The van der Waals surface area contributed by atoms with E-state index in [1.54, 1.807) is 31.2 Å². The molecule has 1 heterocycles. The minimum Gasteiger partial charge on any atom is -0.322 e. The summed E-state index contributed by atoms with van der Waals surface area (Å²) in [5.41, 5.74) is 0.728. The molecule has 0 aliphatic carbocycles. The highest BCUT2D eigenvalue weighted by Gasteiger charge is 2.30. The fraction of sp³-hybridized carbons (Fsp3) is 0.0909. The number of carbonyl (C=O) groups is 1. The molecule has 10 heteroatoms. The number of halogens is 4. The fourth-order valence-electron chi connectivity index (χ4n) is 3.18. The van der Waals surface area contributed by atoms with E-state index in [9.17, 15) is 22.4 Å². The molecular formula is C22H15F4N5O. The van der Waals surface area contributed by atoms with Crippen LogP contribution >= 0.6 is 0 Å². The summed E-state index contributed by atoms with van der Waals surface area (Å²) >= 11 is 0. The molecule has 0 aliphatic heterocycles. The van der Waals surface area contributed by atoms with Crippen LogP contribution in [0.25, 0.3) is 16.8 Å². The Kier molecular flexibility index (Phi) is 5.43. The SMILES string of the molecule is Cc1nnnn1-c1cc(NC(=O)c2ccccc2-c2ccc(C(F)(F)F)cc2)ccc1F. The summed E-state index contributed by atoms with van der Waals surface area (Å²) in [5, 5.41) is 13.6. The molecule has 4 rings (SSSR count). The lowest BCUT2D eigenvalue weighted by molar-refractivity contribution is -0.137. The topological polar surface area (TPSA) is 72.7 Å². The van der Waals surface area contributed by atoms with Crippen molar-refractivity contribution in [2.75, 3.05) is 5.32 Å². The lowest BCUT2D eigenvalue weighted by Crippen LogP contribution is -2.14. The molecule has 32 heavy (non-hydrogen) atoms. The molecule has 0 radical (unpaired) electrons. The zero-order chi connectivity index (χ0) is 22.9. The summed E-state index contributed by atoms with van der Waals surface area (Å²) in [6, 6.07) is 15.0. The number of rotatable bonds is 4. The van der Waals surface area contributed by atoms with Gasteiger partial charge in [-0.05, 0) is 64.9 Å². The monoisotopic (exact) mass is 441 g/mol. The van der Waals surface area contributed by atoms with Crippen molar-refractivity contribution in [3.63, 3.8) is 0 Å². The predicted octanol–water partition coefficient (Wildman–Crippen LogP) is 5.05. The number of aromatic nitrogens is 4. The third-order valence-electron chi connectivity index (χ3n) is 4.75. The number of amides is 1. The van der Waals surface area contributed by atoms with E-state index < -0.39 is 23.5 Å². The van der Waals surface area contributed by atoms with Gasteiger partial charge in [-0.3, -0.25) is 4.79 Å². The second-order valence-electron chi connectivity index (χ2n) is 6.88. The predicted molar refractivity (Wildman–Crippen MR) is 109 cm³/mol. The van der Waals surface area contributed by atoms with Gasteiger partial charge in [0.15, 0.2) is 5.82 Å². The summed E-state index contributed by atoms with van der Waals surface area (Å²) in [5.74, 6) is -0.727. The molecular weight excluding hydrogens is 426 g/mol. The van der Waals surface area contributed by atoms with Gasteiger partial charge in [-0.15, -0.1) is 5.10 Å². The fourth-order valence-corrected chi connectivity index (χ4v) is 3.18. The van der Waals surface area contributed by atoms with Crippen LogP contribution in [0.5, 0.6) is 0 Å². The Bertz CT molecular complexity index is 1280. The number of tetrazole rings is 1. The first-order chi connectivity index (χ1) is 15.2. The molecule has 0 unspecified atom stereocenters.